The SMILES string of the molecule is N#CC[C@@H]1CC[C@H](NC(=O)O)CO1. The van der Waals surface area contributed by atoms with Gasteiger partial charge in [-0.25, -0.2) is 4.79 Å². The number of ether oxygens (including phenoxy) is 1. The van der Waals surface area contributed by atoms with Crippen LogP contribution in [-0.4, -0.2) is 30.0 Å². The van der Waals surface area contributed by atoms with Gasteiger partial charge in [0.05, 0.1) is 31.2 Å². The molecular formula is C8H12N2O3. The Hall–Kier alpha value is -1.28. The molecule has 0 bridgehead atoms. The van der Waals surface area contributed by atoms with Gasteiger partial charge in [0.25, 0.3) is 0 Å². The fraction of sp³-hybridized carbons (Fsp3) is 0.750. The van der Waals surface area contributed by atoms with Crippen LogP contribution < -0.4 is 5.32 Å². The van der Waals surface area contributed by atoms with E-state index >= 15 is 0 Å². The second-order valence-corrected chi connectivity index (χ2v) is 3.04. The summed E-state index contributed by atoms with van der Waals surface area (Å²) >= 11 is 0. The van der Waals surface area contributed by atoms with Crippen molar-refractivity contribution in [3.05, 3.63) is 0 Å². The molecule has 2 atom stereocenters. The van der Waals surface area contributed by atoms with Gasteiger partial charge < -0.3 is 15.2 Å². The highest BCUT2D eigenvalue weighted by molar-refractivity contribution is 5.64. The van der Waals surface area contributed by atoms with E-state index in [0.29, 0.717) is 13.0 Å². The van der Waals surface area contributed by atoms with Crippen LogP contribution in [0, 0.1) is 11.3 Å². The van der Waals surface area contributed by atoms with Crippen molar-refractivity contribution in [2.24, 2.45) is 0 Å². The number of nitrogens with one attached hydrogen (secondary N) is 1. The Morgan fingerprint density at radius 2 is 2.46 bits per heavy atom. The molecule has 1 rings (SSSR count). The zero-order chi connectivity index (χ0) is 9.68. The number of hydrogen-bond acceptors (Lipinski definition) is 3. The van der Waals surface area contributed by atoms with Gasteiger partial charge in [-0.1, -0.05) is 0 Å². The zero-order valence-corrected chi connectivity index (χ0v) is 7.19. The molecule has 1 saturated heterocycles. The van der Waals surface area contributed by atoms with Crippen LogP contribution in [-0.2, 0) is 4.74 Å². The molecule has 1 aliphatic heterocycles. The molecule has 1 heterocycles. The van der Waals surface area contributed by atoms with E-state index in [4.69, 9.17) is 15.1 Å². The molecule has 1 aliphatic rings. The number of nitriles is 1. The van der Waals surface area contributed by atoms with Gasteiger partial charge in [0, 0.05) is 0 Å². The van der Waals surface area contributed by atoms with Gasteiger partial charge in [0.2, 0.25) is 0 Å². The molecule has 0 saturated carbocycles. The average Bonchev–Trinajstić information content (AvgIpc) is 2.08. The molecule has 0 spiro atoms. The van der Waals surface area contributed by atoms with Crippen LogP contribution in [0.2, 0.25) is 0 Å². The third-order valence-corrected chi connectivity index (χ3v) is 2.02. The van der Waals surface area contributed by atoms with Crippen molar-refractivity contribution >= 4 is 6.09 Å². The molecule has 1 fully saturated rings. The summed E-state index contributed by atoms with van der Waals surface area (Å²) in [5, 5.41) is 19.2. The van der Waals surface area contributed by atoms with Crippen LogP contribution in [0.15, 0.2) is 0 Å². The fourth-order valence-electron chi connectivity index (χ4n) is 1.36. The summed E-state index contributed by atoms with van der Waals surface area (Å²) in [7, 11) is 0. The summed E-state index contributed by atoms with van der Waals surface area (Å²) in [6, 6.07) is 1.91. The predicted octanol–water partition coefficient (Wildman–Crippen LogP) is 0.715. The van der Waals surface area contributed by atoms with Gasteiger partial charge in [-0.15, -0.1) is 0 Å². The molecular weight excluding hydrogens is 172 g/mol. The normalized spacial score (nSPS) is 27.6. The Morgan fingerprint density at radius 1 is 1.69 bits per heavy atom. The Bertz CT molecular complexity index is 216. The third kappa shape index (κ3) is 3.30. The summed E-state index contributed by atoms with van der Waals surface area (Å²) in [5.74, 6) is 0. The van der Waals surface area contributed by atoms with Crippen LogP contribution in [0.1, 0.15) is 19.3 Å². The molecule has 2 N–H and O–H groups in total. The van der Waals surface area contributed by atoms with Crippen LogP contribution in [0.5, 0.6) is 0 Å². The van der Waals surface area contributed by atoms with Crippen LogP contribution in [0.4, 0.5) is 4.79 Å². The molecule has 72 valence electrons. The smallest absolute Gasteiger partial charge is 0.404 e. The minimum atomic E-state index is -1.02. The third-order valence-electron chi connectivity index (χ3n) is 2.02. The summed E-state index contributed by atoms with van der Waals surface area (Å²) in [6.45, 7) is 0.374. The quantitative estimate of drug-likeness (QED) is 0.662. The largest absolute Gasteiger partial charge is 0.465 e. The van der Waals surface area contributed by atoms with Gasteiger partial charge >= 0.3 is 6.09 Å². The number of carbonyl (C=O) groups is 1. The molecule has 0 aliphatic carbocycles. The lowest BCUT2D eigenvalue weighted by Crippen LogP contribution is -2.42. The van der Waals surface area contributed by atoms with E-state index < -0.39 is 6.09 Å². The molecule has 0 aromatic rings. The molecule has 1 amide bonds. The number of nitrogens with zero attached hydrogens (tertiary/aromatic N) is 1. The topological polar surface area (TPSA) is 82.4 Å². The van der Waals surface area contributed by atoms with Gasteiger partial charge in [-0.3, -0.25) is 0 Å². The lowest BCUT2D eigenvalue weighted by molar-refractivity contribution is 0.00137. The van der Waals surface area contributed by atoms with Crippen molar-refractivity contribution in [3.63, 3.8) is 0 Å². The summed E-state index contributed by atoms with van der Waals surface area (Å²) < 4.78 is 5.28. The van der Waals surface area contributed by atoms with Crippen molar-refractivity contribution in [1.82, 2.24) is 5.32 Å². The molecule has 5 nitrogen and oxygen atoms in total. The Labute approximate surface area is 76.3 Å². The highest BCUT2D eigenvalue weighted by Crippen LogP contribution is 2.15. The van der Waals surface area contributed by atoms with Crippen molar-refractivity contribution in [3.8, 4) is 6.07 Å². The zero-order valence-electron chi connectivity index (χ0n) is 7.19. The van der Waals surface area contributed by atoms with Crippen molar-refractivity contribution in [1.29, 1.82) is 5.26 Å². The first-order valence-electron chi connectivity index (χ1n) is 4.20. The molecule has 0 aromatic carbocycles. The van der Waals surface area contributed by atoms with Crippen LogP contribution >= 0.6 is 0 Å². The summed E-state index contributed by atoms with van der Waals surface area (Å²) in [5.41, 5.74) is 0. The minimum Gasteiger partial charge on any atom is -0.465 e. The monoisotopic (exact) mass is 184 g/mol. The summed E-state index contributed by atoms with van der Waals surface area (Å²) in [4.78, 5) is 10.3. The maximum absolute atomic E-state index is 10.3. The minimum absolute atomic E-state index is 0.0168. The van der Waals surface area contributed by atoms with E-state index in [1.165, 1.54) is 0 Å². The number of carboxylic acid groups (broad SMARTS) is 1. The molecule has 13 heavy (non-hydrogen) atoms. The first-order chi connectivity index (χ1) is 6.22. The lowest BCUT2D eigenvalue weighted by Gasteiger charge is -2.27. The van der Waals surface area contributed by atoms with Crippen LogP contribution in [0.25, 0.3) is 0 Å². The Kier molecular flexibility index (Phi) is 3.53. The Morgan fingerprint density at radius 3 is 2.92 bits per heavy atom. The predicted molar refractivity (Wildman–Crippen MR) is 44.2 cm³/mol. The van der Waals surface area contributed by atoms with Crippen molar-refractivity contribution < 1.29 is 14.6 Å². The van der Waals surface area contributed by atoms with Gasteiger partial charge in [-0.05, 0) is 12.8 Å². The fourth-order valence-corrected chi connectivity index (χ4v) is 1.36. The highest BCUT2D eigenvalue weighted by atomic mass is 16.5. The lowest BCUT2D eigenvalue weighted by atomic mass is 10.0. The number of hydrogen-bond donors (Lipinski definition) is 2. The first-order valence-corrected chi connectivity index (χ1v) is 4.20. The van der Waals surface area contributed by atoms with E-state index in [1.54, 1.807) is 0 Å². The molecule has 0 radical (unpaired) electrons. The second kappa shape index (κ2) is 4.67. The van der Waals surface area contributed by atoms with E-state index in [9.17, 15) is 4.79 Å². The van der Waals surface area contributed by atoms with E-state index in [2.05, 4.69) is 5.32 Å². The number of amides is 1. The highest BCUT2D eigenvalue weighted by Gasteiger charge is 2.22. The molecule has 0 aromatic heterocycles. The molecule has 5 heteroatoms. The maximum Gasteiger partial charge on any atom is 0.404 e. The van der Waals surface area contributed by atoms with Crippen molar-refractivity contribution in [2.75, 3.05) is 6.61 Å². The van der Waals surface area contributed by atoms with Gasteiger partial charge in [-0.2, -0.15) is 5.26 Å². The maximum atomic E-state index is 10.3. The average molecular weight is 184 g/mol. The van der Waals surface area contributed by atoms with E-state index in [0.717, 1.165) is 12.8 Å². The van der Waals surface area contributed by atoms with Crippen LogP contribution in [0.3, 0.4) is 0 Å². The summed E-state index contributed by atoms with van der Waals surface area (Å²) in [6.07, 6.45) is 0.848. The Balaban J connectivity index is 2.23. The van der Waals surface area contributed by atoms with Crippen molar-refractivity contribution in [2.45, 2.75) is 31.4 Å². The first kappa shape index (κ1) is 9.81. The molecule has 0 unspecified atom stereocenters. The number of rotatable bonds is 2. The standard InChI is InChI=1S/C8H12N2O3/c9-4-3-7-2-1-6(5-13-7)10-8(11)12/h6-7,10H,1-3,5H2,(H,11,12)/t6-,7-/m0/s1. The second-order valence-electron chi connectivity index (χ2n) is 3.04. The van der Waals surface area contributed by atoms with E-state index in [-0.39, 0.29) is 12.1 Å². The van der Waals surface area contributed by atoms with E-state index in [1.807, 2.05) is 6.07 Å². The van der Waals surface area contributed by atoms with Gasteiger partial charge in [0.1, 0.15) is 0 Å². The van der Waals surface area contributed by atoms with Gasteiger partial charge in [0.15, 0.2) is 0 Å².